The fourth-order valence-corrected chi connectivity index (χ4v) is 3.03. The van der Waals surface area contributed by atoms with Gasteiger partial charge in [0.25, 0.3) is 11.8 Å². The molecule has 0 aromatic heterocycles. The number of benzene rings is 2. The van der Waals surface area contributed by atoms with Gasteiger partial charge in [0.1, 0.15) is 6.04 Å². The zero-order chi connectivity index (χ0) is 21.9. The third-order valence-corrected chi connectivity index (χ3v) is 4.71. The molecule has 3 N–H and O–H groups in total. The van der Waals surface area contributed by atoms with Crippen LogP contribution in [0.5, 0.6) is 0 Å². The highest BCUT2D eigenvalue weighted by Gasteiger charge is 2.32. The van der Waals surface area contributed by atoms with Crippen LogP contribution in [0.15, 0.2) is 60.7 Å². The summed E-state index contributed by atoms with van der Waals surface area (Å²) in [6.45, 7) is 1.97. The van der Waals surface area contributed by atoms with Crippen LogP contribution in [0.4, 0.5) is 0 Å². The van der Waals surface area contributed by atoms with E-state index in [4.69, 9.17) is 4.74 Å². The average Bonchev–Trinajstić information content (AvgIpc) is 2.80. The molecule has 2 amide bonds. The molecule has 0 bridgehead atoms. The van der Waals surface area contributed by atoms with Crippen molar-refractivity contribution in [2.75, 3.05) is 7.11 Å². The van der Waals surface area contributed by atoms with Gasteiger partial charge in [0.05, 0.1) is 13.2 Å². The van der Waals surface area contributed by atoms with Crippen molar-refractivity contribution in [2.45, 2.75) is 44.4 Å². The Morgan fingerprint density at radius 1 is 0.967 bits per heavy atom. The fourth-order valence-electron chi connectivity index (χ4n) is 3.03. The van der Waals surface area contributed by atoms with E-state index in [-0.39, 0.29) is 0 Å². The number of aliphatic hydroxyl groups is 1. The maximum absolute atomic E-state index is 12.7. The van der Waals surface area contributed by atoms with Crippen LogP contribution in [0, 0.1) is 0 Å². The highest BCUT2D eigenvalue weighted by atomic mass is 16.5. The first kappa shape index (κ1) is 23.1. The zero-order valence-corrected chi connectivity index (χ0v) is 17.2. The number of aliphatic hydroxyl groups excluding tert-OH is 1. The molecule has 0 saturated carbocycles. The second-order valence-electron chi connectivity index (χ2n) is 6.90. The quantitative estimate of drug-likeness (QED) is 0.520. The maximum Gasteiger partial charge on any atom is 0.328 e. The highest BCUT2D eigenvalue weighted by molar-refractivity contribution is 5.95. The number of amides is 2. The normalized spacial score (nSPS) is 13.6. The van der Waals surface area contributed by atoms with E-state index in [1.54, 1.807) is 60.7 Å². The summed E-state index contributed by atoms with van der Waals surface area (Å²) in [6.07, 6.45) is 0.344. The number of carbonyl (C=O) groups excluding carboxylic acids is 3. The van der Waals surface area contributed by atoms with Crippen molar-refractivity contribution in [3.8, 4) is 0 Å². The Bertz CT molecular complexity index is 826. The maximum atomic E-state index is 12.7. The fraction of sp³-hybridized carbons (Fsp3) is 0.348. The summed E-state index contributed by atoms with van der Waals surface area (Å²) >= 11 is 0. The van der Waals surface area contributed by atoms with Gasteiger partial charge in [-0.15, -0.1) is 0 Å². The van der Waals surface area contributed by atoms with E-state index < -0.39 is 36.0 Å². The van der Waals surface area contributed by atoms with Gasteiger partial charge in [-0.3, -0.25) is 9.59 Å². The number of hydrogen-bond acceptors (Lipinski definition) is 5. The molecule has 0 radical (unpaired) electrons. The van der Waals surface area contributed by atoms with Gasteiger partial charge in [-0.25, -0.2) is 4.79 Å². The van der Waals surface area contributed by atoms with Crippen LogP contribution >= 0.6 is 0 Å². The van der Waals surface area contributed by atoms with Crippen molar-refractivity contribution in [3.63, 3.8) is 0 Å². The minimum absolute atomic E-state index is 0.397. The third-order valence-electron chi connectivity index (χ3n) is 4.71. The Labute approximate surface area is 176 Å². The molecule has 2 rings (SSSR count). The van der Waals surface area contributed by atoms with Gasteiger partial charge in [0.15, 0.2) is 6.10 Å². The summed E-state index contributed by atoms with van der Waals surface area (Å²) in [4.78, 5) is 37.4. The predicted octanol–water partition coefficient (Wildman–Crippen LogP) is 2.37. The van der Waals surface area contributed by atoms with E-state index in [0.29, 0.717) is 24.0 Å². The molecule has 0 heterocycles. The second-order valence-corrected chi connectivity index (χ2v) is 6.90. The van der Waals surface area contributed by atoms with Crippen LogP contribution < -0.4 is 10.6 Å². The lowest BCUT2D eigenvalue weighted by Crippen LogP contribution is -2.50. The van der Waals surface area contributed by atoms with Crippen molar-refractivity contribution in [2.24, 2.45) is 0 Å². The van der Waals surface area contributed by atoms with E-state index in [0.717, 1.165) is 6.42 Å². The molecule has 160 valence electrons. The van der Waals surface area contributed by atoms with Gasteiger partial charge >= 0.3 is 5.97 Å². The van der Waals surface area contributed by atoms with Gasteiger partial charge in [0, 0.05) is 5.56 Å². The summed E-state index contributed by atoms with van der Waals surface area (Å²) in [5.41, 5.74) is 0.967. The van der Waals surface area contributed by atoms with E-state index in [9.17, 15) is 19.5 Å². The molecule has 30 heavy (non-hydrogen) atoms. The number of rotatable bonds is 10. The van der Waals surface area contributed by atoms with E-state index in [1.807, 2.05) is 6.92 Å². The first-order chi connectivity index (χ1) is 14.5. The molecule has 0 aliphatic heterocycles. The highest BCUT2D eigenvalue weighted by Crippen LogP contribution is 2.19. The molecular formula is C23H28N2O5. The van der Waals surface area contributed by atoms with Crippen molar-refractivity contribution >= 4 is 17.8 Å². The topological polar surface area (TPSA) is 105 Å². The SMILES string of the molecule is CCCC[C@@H](NC(=O)[C@H](O)[C@@H](NC(=O)c1ccccc1)c1ccccc1)C(=O)OC. The molecule has 0 fully saturated rings. The molecule has 0 aliphatic rings. The van der Waals surface area contributed by atoms with Crippen molar-refractivity contribution in [3.05, 3.63) is 71.8 Å². The Hall–Kier alpha value is -3.19. The zero-order valence-electron chi connectivity index (χ0n) is 17.2. The first-order valence-corrected chi connectivity index (χ1v) is 9.95. The number of hydrogen-bond donors (Lipinski definition) is 3. The second kappa shape index (κ2) is 11.7. The number of ether oxygens (including phenoxy) is 1. The van der Waals surface area contributed by atoms with Crippen LogP contribution in [-0.4, -0.2) is 42.1 Å². The number of carbonyl (C=O) groups is 3. The van der Waals surface area contributed by atoms with Crippen LogP contribution in [0.25, 0.3) is 0 Å². The third kappa shape index (κ3) is 6.42. The molecule has 0 saturated heterocycles. The molecule has 0 unspecified atom stereocenters. The predicted molar refractivity (Wildman–Crippen MR) is 113 cm³/mol. The Morgan fingerprint density at radius 3 is 2.13 bits per heavy atom. The lowest BCUT2D eigenvalue weighted by molar-refractivity contribution is -0.146. The Kier molecular flexibility index (Phi) is 9.03. The Morgan fingerprint density at radius 2 is 1.57 bits per heavy atom. The van der Waals surface area contributed by atoms with E-state index in [1.165, 1.54) is 7.11 Å². The lowest BCUT2D eigenvalue weighted by Gasteiger charge is -2.26. The van der Waals surface area contributed by atoms with E-state index in [2.05, 4.69) is 10.6 Å². The Balaban J connectivity index is 2.21. The molecule has 3 atom stereocenters. The van der Waals surface area contributed by atoms with Gasteiger partial charge in [-0.2, -0.15) is 0 Å². The minimum Gasteiger partial charge on any atom is -0.467 e. The van der Waals surface area contributed by atoms with Crippen LogP contribution in [0.2, 0.25) is 0 Å². The van der Waals surface area contributed by atoms with Gasteiger partial charge in [-0.05, 0) is 24.1 Å². The monoisotopic (exact) mass is 412 g/mol. The van der Waals surface area contributed by atoms with Crippen LogP contribution in [0.1, 0.15) is 48.1 Å². The summed E-state index contributed by atoms with van der Waals surface area (Å²) in [5.74, 6) is -1.76. The number of unbranched alkanes of at least 4 members (excludes halogenated alkanes) is 1. The molecule has 0 spiro atoms. The summed E-state index contributed by atoms with van der Waals surface area (Å²) in [6, 6.07) is 15.4. The standard InChI is InChI=1S/C23H28N2O5/c1-3-4-15-18(23(29)30-2)24-22(28)20(26)19(16-11-7-5-8-12-16)25-21(27)17-13-9-6-10-14-17/h5-14,18-20,26H,3-4,15H2,1-2H3,(H,24,28)(H,25,27)/t18-,19+,20-/m1/s1. The van der Waals surface area contributed by atoms with Crippen molar-refractivity contribution in [1.29, 1.82) is 0 Å². The summed E-state index contributed by atoms with van der Waals surface area (Å²) in [7, 11) is 1.25. The van der Waals surface area contributed by atoms with Gasteiger partial charge < -0.3 is 20.5 Å². The van der Waals surface area contributed by atoms with Crippen molar-refractivity contribution in [1.82, 2.24) is 10.6 Å². The number of esters is 1. The molecular weight excluding hydrogens is 384 g/mol. The minimum atomic E-state index is -1.60. The summed E-state index contributed by atoms with van der Waals surface area (Å²) in [5, 5.41) is 16.1. The molecule has 0 aliphatic carbocycles. The largest absolute Gasteiger partial charge is 0.467 e. The van der Waals surface area contributed by atoms with Crippen LogP contribution in [-0.2, 0) is 14.3 Å². The van der Waals surface area contributed by atoms with Crippen molar-refractivity contribution < 1.29 is 24.2 Å². The smallest absolute Gasteiger partial charge is 0.328 e. The lowest BCUT2D eigenvalue weighted by atomic mass is 9.99. The van der Waals surface area contributed by atoms with E-state index >= 15 is 0 Å². The number of nitrogens with one attached hydrogen (secondary N) is 2. The molecule has 2 aromatic rings. The molecule has 2 aromatic carbocycles. The summed E-state index contributed by atoms with van der Waals surface area (Å²) < 4.78 is 4.75. The average molecular weight is 412 g/mol. The van der Waals surface area contributed by atoms with Gasteiger partial charge in [0.2, 0.25) is 0 Å². The first-order valence-electron chi connectivity index (χ1n) is 9.95. The van der Waals surface area contributed by atoms with Gasteiger partial charge in [-0.1, -0.05) is 68.3 Å². The molecule has 7 nitrogen and oxygen atoms in total. The molecule has 7 heteroatoms. The number of methoxy groups -OCH3 is 1. The van der Waals surface area contributed by atoms with Crippen LogP contribution in [0.3, 0.4) is 0 Å².